The summed E-state index contributed by atoms with van der Waals surface area (Å²) in [5.41, 5.74) is 0.472. The van der Waals surface area contributed by atoms with Crippen molar-refractivity contribution in [3.63, 3.8) is 0 Å². The topological polar surface area (TPSA) is 41.6 Å². The summed E-state index contributed by atoms with van der Waals surface area (Å²) in [4.78, 5) is 14.7. The van der Waals surface area contributed by atoms with E-state index in [-0.39, 0.29) is 17.2 Å². The minimum Gasteiger partial charge on any atom is -0.494 e. The van der Waals surface area contributed by atoms with Crippen molar-refractivity contribution >= 4 is 5.91 Å². The number of halogens is 1. The van der Waals surface area contributed by atoms with Gasteiger partial charge in [-0.2, -0.15) is 0 Å². The van der Waals surface area contributed by atoms with E-state index in [0.29, 0.717) is 12.1 Å². The van der Waals surface area contributed by atoms with Gasteiger partial charge in [-0.1, -0.05) is 19.8 Å². The van der Waals surface area contributed by atoms with Gasteiger partial charge < -0.3 is 10.1 Å². The number of likely N-dealkylation sites (N-methyl/N-ethyl adjacent to an activating group) is 1. The van der Waals surface area contributed by atoms with Gasteiger partial charge in [0.15, 0.2) is 11.6 Å². The first-order valence-electron chi connectivity index (χ1n) is 7.85. The minimum absolute atomic E-state index is 0.0501. The molecule has 2 rings (SSSR count). The lowest BCUT2D eigenvalue weighted by Gasteiger charge is -2.38. The van der Waals surface area contributed by atoms with E-state index in [1.807, 2.05) is 0 Å². The van der Waals surface area contributed by atoms with Crippen LogP contribution in [0.5, 0.6) is 5.75 Å². The molecule has 1 aromatic rings. The molecule has 0 spiro atoms. The van der Waals surface area contributed by atoms with E-state index in [9.17, 15) is 9.18 Å². The van der Waals surface area contributed by atoms with E-state index in [1.165, 1.54) is 38.2 Å². The smallest absolute Gasteiger partial charge is 0.251 e. The monoisotopic (exact) mass is 308 g/mol. The van der Waals surface area contributed by atoms with Gasteiger partial charge in [0.2, 0.25) is 0 Å². The van der Waals surface area contributed by atoms with Gasteiger partial charge in [-0.05, 0) is 44.6 Å². The lowest BCUT2D eigenvalue weighted by Crippen LogP contribution is -2.52. The van der Waals surface area contributed by atoms with Crippen LogP contribution in [0.4, 0.5) is 4.39 Å². The van der Waals surface area contributed by atoms with Crippen molar-refractivity contribution in [2.75, 3.05) is 27.2 Å². The molecule has 1 aromatic carbocycles. The van der Waals surface area contributed by atoms with Crippen LogP contribution in [-0.4, -0.2) is 43.6 Å². The summed E-state index contributed by atoms with van der Waals surface area (Å²) >= 11 is 0. The molecule has 0 bridgehead atoms. The van der Waals surface area contributed by atoms with Crippen molar-refractivity contribution in [1.82, 2.24) is 10.2 Å². The molecule has 1 aliphatic rings. The van der Waals surface area contributed by atoms with E-state index < -0.39 is 5.82 Å². The van der Waals surface area contributed by atoms with Crippen LogP contribution in [0, 0.1) is 5.82 Å². The zero-order valence-electron chi connectivity index (χ0n) is 13.6. The summed E-state index contributed by atoms with van der Waals surface area (Å²) in [5, 5.41) is 3.01. The molecule has 5 heteroatoms. The van der Waals surface area contributed by atoms with Crippen LogP contribution in [-0.2, 0) is 0 Å². The maximum atomic E-state index is 13.4. The number of hydrogen-bond acceptors (Lipinski definition) is 3. The first-order valence-corrected chi connectivity index (χ1v) is 7.85. The quantitative estimate of drug-likeness (QED) is 0.878. The fourth-order valence-corrected chi connectivity index (χ4v) is 3.21. The summed E-state index contributed by atoms with van der Waals surface area (Å²) < 4.78 is 18.3. The van der Waals surface area contributed by atoms with Crippen molar-refractivity contribution < 1.29 is 13.9 Å². The molecule has 1 saturated carbocycles. The lowest BCUT2D eigenvalue weighted by molar-refractivity contribution is 0.0874. The molecular formula is C17H25FN2O2. The third kappa shape index (κ3) is 3.40. The third-order valence-electron chi connectivity index (χ3n) is 4.81. The Kier molecular flexibility index (Phi) is 5.40. The Labute approximate surface area is 131 Å². The molecule has 0 aliphatic heterocycles. The summed E-state index contributed by atoms with van der Waals surface area (Å²) in [5.74, 6) is -0.556. The summed E-state index contributed by atoms with van der Waals surface area (Å²) in [7, 11) is 3.50. The molecule has 4 nitrogen and oxygen atoms in total. The fraction of sp³-hybridized carbons (Fsp3) is 0.588. The van der Waals surface area contributed by atoms with Crippen molar-refractivity contribution in [2.24, 2.45) is 0 Å². The van der Waals surface area contributed by atoms with E-state index in [1.54, 1.807) is 0 Å². The highest BCUT2D eigenvalue weighted by Gasteiger charge is 2.37. The summed E-state index contributed by atoms with van der Waals surface area (Å²) in [6.07, 6.45) is 4.60. The van der Waals surface area contributed by atoms with Gasteiger partial charge in [0.1, 0.15) is 0 Å². The van der Waals surface area contributed by atoms with E-state index in [2.05, 4.69) is 24.2 Å². The second-order valence-corrected chi connectivity index (χ2v) is 5.98. The Bertz CT molecular complexity index is 527. The van der Waals surface area contributed by atoms with Gasteiger partial charge in [-0.25, -0.2) is 4.39 Å². The normalized spacial score (nSPS) is 16.8. The Morgan fingerprint density at radius 2 is 2.09 bits per heavy atom. The van der Waals surface area contributed by atoms with Crippen molar-refractivity contribution in [1.29, 1.82) is 0 Å². The number of carbonyl (C=O) groups excluding carboxylic acids is 1. The molecule has 1 amide bonds. The largest absolute Gasteiger partial charge is 0.494 e. The minimum atomic E-state index is -0.461. The van der Waals surface area contributed by atoms with E-state index in [4.69, 9.17) is 4.74 Å². The zero-order chi connectivity index (χ0) is 16.2. The number of methoxy groups -OCH3 is 1. The number of rotatable bonds is 6. The van der Waals surface area contributed by atoms with Gasteiger partial charge in [0.05, 0.1) is 7.11 Å². The molecule has 0 heterocycles. The van der Waals surface area contributed by atoms with E-state index in [0.717, 1.165) is 19.4 Å². The maximum absolute atomic E-state index is 13.4. The lowest BCUT2D eigenvalue weighted by atomic mass is 9.95. The number of carbonyl (C=O) groups is 1. The Morgan fingerprint density at radius 1 is 1.41 bits per heavy atom. The third-order valence-corrected chi connectivity index (χ3v) is 4.81. The average molecular weight is 308 g/mol. The molecule has 0 unspecified atom stereocenters. The zero-order valence-corrected chi connectivity index (χ0v) is 13.6. The molecule has 1 aliphatic carbocycles. The molecular weight excluding hydrogens is 283 g/mol. The molecule has 0 atom stereocenters. The molecule has 122 valence electrons. The van der Waals surface area contributed by atoms with Crippen molar-refractivity contribution in [3.8, 4) is 5.75 Å². The molecule has 0 saturated heterocycles. The first-order chi connectivity index (χ1) is 10.5. The second kappa shape index (κ2) is 7.09. The predicted molar refractivity (Wildman–Crippen MR) is 84.8 cm³/mol. The van der Waals surface area contributed by atoms with Crippen LogP contribution in [0.2, 0.25) is 0 Å². The number of nitrogens with zero attached hydrogens (tertiary/aromatic N) is 1. The number of benzene rings is 1. The Balaban J connectivity index is 2.05. The molecule has 22 heavy (non-hydrogen) atoms. The highest BCUT2D eigenvalue weighted by atomic mass is 19.1. The van der Waals surface area contributed by atoms with Crippen molar-refractivity contribution in [3.05, 3.63) is 29.6 Å². The predicted octanol–water partition coefficient (Wildman–Crippen LogP) is 2.83. The standard InChI is InChI=1S/C17H25FN2O2/c1-4-20(2)17(9-5-6-10-17)12-19-16(21)13-7-8-14(18)15(11-13)22-3/h7-8,11H,4-6,9-10,12H2,1-3H3,(H,19,21). The van der Waals surface area contributed by atoms with Gasteiger partial charge in [-0.3, -0.25) is 9.69 Å². The van der Waals surface area contributed by atoms with Gasteiger partial charge >= 0.3 is 0 Å². The molecule has 0 radical (unpaired) electrons. The Hall–Kier alpha value is -1.62. The van der Waals surface area contributed by atoms with Crippen LogP contribution in [0.25, 0.3) is 0 Å². The summed E-state index contributed by atoms with van der Waals surface area (Å²) in [6.45, 7) is 3.71. The molecule has 0 aromatic heterocycles. The average Bonchev–Trinajstić information content (AvgIpc) is 3.02. The van der Waals surface area contributed by atoms with Crippen LogP contribution < -0.4 is 10.1 Å². The van der Waals surface area contributed by atoms with Crippen LogP contribution >= 0.6 is 0 Å². The number of hydrogen-bond donors (Lipinski definition) is 1. The van der Waals surface area contributed by atoms with Crippen molar-refractivity contribution in [2.45, 2.75) is 38.1 Å². The van der Waals surface area contributed by atoms with Crippen LogP contribution in [0.3, 0.4) is 0 Å². The molecule has 1 fully saturated rings. The van der Waals surface area contributed by atoms with Crippen LogP contribution in [0.1, 0.15) is 43.0 Å². The highest BCUT2D eigenvalue weighted by molar-refractivity contribution is 5.94. The highest BCUT2D eigenvalue weighted by Crippen LogP contribution is 2.34. The fourth-order valence-electron chi connectivity index (χ4n) is 3.21. The van der Waals surface area contributed by atoms with Gasteiger partial charge in [0, 0.05) is 17.6 Å². The molecule has 1 N–H and O–H groups in total. The van der Waals surface area contributed by atoms with E-state index >= 15 is 0 Å². The summed E-state index contributed by atoms with van der Waals surface area (Å²) in [6, 6.07) is 4.19. The van der Waals surface area contributed by atoms with Gasteiger partial charge in [-0.15, -0.1) is 0 Å². The number of ether oxygens (including phenoxy) is 1. The number of amides is 1. The maximum Gasteiger partial charge on any atom is 0.251 e. The second-order valence-electron chi connectivity index (χ2n) is 5.98. The van der Waals surface area contributed by atoms with Gasteiger partial charge in [0.25, 0.3) is 5.91 Å². The SMILES string of the molecule is CCN(C)C1(CNC(=O)c2ccc(F)c(OC)c2)CCCC1. The first kappa shape index (κ1) is 16.7. The van der Waals surface area contributed by atoms with Crippen LogP contribution in [0.15, 0.2) is 18.2 Å². The number of nitrogens with one attached hydrogen (secondary N) is 1. The Morgan fingerprint density at radius 3 is 2.68 bits per heavy atom.